The molecule has 1 aromatic carbocycles. The molecule has 1 aliphatic rings. The summed E-state index contributed by atoms with van der Waals surface area (Å²) in [7, 11) is -1.56. The minimum Gasteiger partial charge on any atom is -0.423 e. The smallest absolute Gasteiger partial charge is 0.423 e. The van der Waals surface area contributed by atoms with Gasteiger partial charge in [-0.15, -0.1) is 0 Å². The van der Waals surface area contributed by atoms with Crippen LogP contribution in [0.1, 0.15) is 54.6 Å². The Morgan fingerprint density at radius 3 is 2.58 bits per heavy atom. The molecule has 0 saturated carbocycles. The summed E-state index contributed by atoms with van der Waals surface area (Å²) in [5, 5.41) is 17.2. The summed E-state index contributed by atoms with van der Waals surface area (Å²) < 4.78 is 44.9. The summed E-state index contributed by atoms with van der Waals surface area (Å²) in [6.07, 6.45) is -2.89. The molecule has 0 spiro atoms. The maximum Gasteiger partial charge on any atom is 0.491 e. The Hall–Kier alpha value is -2.60. The standard InChI is InChI=1S/C19H25BF3N3O5/c1-3-4-6-24-16(27)5-7-25-17(28)11(2)26-18(29)12-8-14(19(21,22)23)13-10-31-20(30)15(13)9-12/h8-9,11,30H,3-7,10H2,1-2H3,(H,24,27)(H,25,28)(H,26,29)/t11-/m0/s1. The van der Waals surface area contributed by atoms with Gasteiger partial charge in [0, 0.05) is 25.1 Å². The number of rotatable bonds is 9. The minimum atomic E-state index is -4.74. The molecule has 1 aromatic rings. The number of amides is 3. The predicted octanol–water partition coefficient (Wildman–Crippen LogP) is 0.464. The lowest BCUT2D eigenvalue weighted by Crippen LogP contribution is -2.46. The Labute approximate surface area is 178 Å². The zero-order chi connectivity index (χ0) is 23.2. The third-order valence-electron chi connectivity index (χ3n) is 4.75. The van der Waals surface area contributed by atoms with Crippen LogP contribution < -0.4 is 21.4 Å². The highest BCUT2D eigenvalue weighted by Gasteiger charge is 2.40. The number of benzene rings is 1. The summed E-state index contributed by atoms with van der Waals surface area (Å²) in [6.45, 7) is 3.54. The van der Waals surface area contributed by atoms with Crippen molar-refractivity contribution < 1.29 is 37.2 Å². The molecule has 1 aliphatic heterocycles. The molecule has 8 nitrogen and oxygen atoms in total. The fraction of sp³-hybridized carbons (Fsp3) is 0.526. The lowest BCUT2D eigenvalue weighted by molar-refractivity contribution is -0.138. The summed E-state index contributed by atoms with van der Waals surface area (Å²) in [5.74, 6) is -1.72. The predicted molar refractivity (Wildman–Crippen MR) is 106 cm³/mol. The molecule has 1 atom stereocenters. The van der Waals surface area contributed by atoms with Crippen LogP contribution >= 0.6 is 0 Å². The third kappa shape index (κ3) is 6.69. The Balaban J connectivity index is 1.96. The van der Waals surface area contributed by atoms with Gasteiger partial charge in [0.2, 0.25) is 11.8 Å². The summed E-state index contributed by atoms with van der Waals surface area (Å²) in [4.78, 5) is 36.2. The summed E-state index contributed by atoms with van der Waals surface area (Å²) >= 11 is 0. The zero-order valence-electron chi connectivity index (χ0n) is 17.3. The van der Waals surface area contributed by atoms with Crippen LogP contribution in [-0.2, 0) is 27.0 Å². The van der Waals surface area contributed by atoms with Gasteiger partial charge in [-0.1, -0.05) is 13.3 Å². The van der Waals surface area contributed by atoms with E-state index in [0.29, 0.717) is 12.6 Å². The molecule has 0 saturated heterocycles. The van der Waals surface area contributed by atoms with Gasteiger partial charge >= 0.3 is 13.3 Å². The highest BCUT2D eigenvalue weighted by molar-refractivity contribution is 6.61. The van der Waals surface area contributed by atoms with Crippen LogP contribution in [0.2, 0.25) is 0 Å². The number of hydrogen-bond donors (Lipinski definition) is 4. The van der Waals surface area contributed by atoms with Crippen LogP contribution in [0.3, 0.4) is 0 Å². The number of hydrogen-bond acceptors (Lipinski definition) is 5. The fourth-order valence-corrected chi connectivity index (χ4v) is 3.00. The van der Waals surface area contributed by atoms with Crippen molar-refractivity contribution in [1.29, 1.82) is 0 Å². The molecule has 0 fully saturated rings. The van der Waals surface area contributed by atoms with Gasteiger partial charge in [0.25, 0.3) is 5.91 Å². The van der Waals surface area contributed by atoms with Gasteiger partial charge in [0.1, 0.15) is 6.04 Å². The van der Waals surface area contributed by atoms with Gasteiger partial charge < -0.3 is 25.6 Å². The topological polar surface area (TPSA) is 117 Å². The minimum absolute atomic E-state index is 0.0532. The second-order valence-electron chi connectivity index (χ2n) is 7.19. The Bertz CT molecular complexity index is 835. The van der Waals surface area contributed by atoms with Gasteiger partial charge in [-0.05, 0) is 36.5 Å². The van der Waals surface area contributed by atoms with Crippen LogP contribution in [0.4, 0.5) is 13.2 Å². The van der Waals surface area contributed by atoms with E-state index in [1.807, 2.05) is 6.92 Å². The molecular formula is C19H25BF3N3O5. The number of carbonyl (C=O) groups excluding carboxylic acids is 3. The van der Waals surface area contributed by atoms with E-state index in [4.69, 9.17) is 4.65 Å². The first-order valence-corrected chi connectivity index (χ1v) is 9.93. The van der Waals surface area contributed by atoms with E-state index in [9.17, 15) is 32.6 Å². The number of carbonyl (C=O) groups is 3. The van der Waals surface area contributed by atoms with Crippen LogP contribution in [0, 0.1) is 0 Å². The van der Waals surface area contributed by atoms with E-state index in [1.165, 1.54) is 6.92 Å². The van der Waals surface area contributed by atoms with Crippen molar-refractivity contribution in [2.24, 2.45) is 0 Å². The number of nitrogens with one attached hydrogen (secondary N) is 3. The van der Waals surface area contributed by atoms with Gasteiger partial charge in [-0.2, -0.15) is 13.2 Å². The molecule has 0 unspecified atom stereocenters. The lowest BCUT2D eigenvalue weighted by Gasteiger charge is -2.17. The number of unbranched alkanes of at least 4 members (excludes halogenated alkanes) is 1. The quantitative estimate of drug-likeness (QED) is 0.327. The number of alkyl halides is 3. The Kier molecular flexibility index (Phi) is 8.46. The van der Waals surface area contributed by atoms with Gasteiger partial charge in [0.05, 0.1) is 12.2 Å². The second-order valence-corrected chi connectivity index (χ2v) is 7.19. The second kappa shape index (κ2) is 10.6. The van der Waals surface area contributed by atoms with Crippen molar-refractivity contribution in [2.75, 3.05) is 13.1 Å². The first kappa shape index (κ1) is 24.7. The highest BCUT2D eigenvalue weighted by atomic mass is 19.4. The fourth-order valence-electron chi connectivity index (χ4n) is 3.00. The van der Waals surface area contributed by atoms with E-state index in [1.54, 1.807) is 0 Å². The normalized spacial score (nSPS) is 14.1. The van der Waals surface area contributed by atoms with Crippen LogP contribution in [0.25, 0.3) is 0 Å². The van der Waals surface area contributed by atoms with Crippen molar-refractivity contribution in [3.05, 3.63) is 28.8 Å². The Morgan fingerprint density at radius 1 is 1.23 bits per heavy atom. The maximum absolute atomic E-state index is 13.3. The first-order valence-electron chi connectivity index (χ1n) is 9.93. The molecule has 0 radical (unpaired) electrons. The van der Waals surface area contributed by atoms with E-state index in [-0.39, 0.29) is 35.5 Å². The van der Waals surface area contributed by atoms with Crippen LogP contribution in [-0.4, -0.2) is 49.0 Å². The van der Waals surface area contributed by atoms with Gasteiger partial charge in [-0.3, -0.25) is 14.4 Å². The van der Waals surface area contributed by atoms with Gasteiger partial charge in [-0.25, -0.2) is 0 Å². The van der Waals surface area contributed by atoms with Crippen LogP contribution in [0.15, 0.2) is 12.1 Å². The molecule has 1 heterocycles. The zero-order valence-corrected chi connectivity index (χ0v) is 17.3. The maximum atomic E-state index is 13.3. The summed E-state index contributed by atoms with van der Waals surface area (Å²) in [5.41, 5.74) is -1.78. The van der Waals surface area contributed by atoms with Crippen molar-refractivity contribution in [3.8, 4) is 0 Å². The van der Waals surface area contributed by atoms with E-state index >= 15 is 0 Å². The van der Waals surface area contributed by atoms with Crippen molar-refractivity contribution in [2.45, 2.75) is 51.9 Å². The molecule has 3 amide bonds. The summed E-state index contributed by atoms with van der Waals surface area (Å²) in [6, 6.07) is 0.725. The number of fused-ring (bicyclic) bond motifs is 1. The monoisotopic (exact) mass is 443 g/mol. The highest BCUT2D eigenvalue weighted by Crippen LogP contribution is 2.34. The largest absolute Gasteiger partial charge is 0.491 e. The van der Waals surface area contributed by atoms with E-state index in [0.717, 1.165) is 18.9 Å². The van der Waals surface area contributed by atoms with Crippen molar-refractivity contribution >= 4 is 30.3 Å². The Morgan fingerprint density at radius 2 is 1.94 bits per heavy atom. The molecule has 2 rings (SSSR count). The SMILES string of the molecule is CCCCNC(=O)CCNC(=O)[C@H](C)NC(=O)c1cc2c(c(C(F)(F)F)c1)COB2O. The first-order chi connectivity index (χ1) is 14.5. The molecule has 31 heavy (non-hydrogen) atoms. The van der Waals surface area contributed by atoms with Crippen LogP contribution in [0.5, 0.6) is 0 Å². The molecule has 4 N–H and O–H groups in total. The molecule has 170 valence electrons. The molecule has 0 bridgehead atoms. The number of halogens is 3. The lowest BCUT2D eigenvalue weighted by atomic mass is 9.77. The molecule has 12 heteroatoms. The average molecular weight is 443 g/mol. The average Bonchev–Trinajstić information content (AvgIpc) is 3.07. The molecular weight excluding hydrogens is 418 g/mol. The molecule has 0 aliphatic carbocycles. The van der Waals surface area contributed by atoms with E-state index < -0.39 is 43.3 Å². The van der Waals surface area contributed by atoms with Crippen molar-refractivity contribution in [1.82, 2.24) is 16.0 Å². The van der Waals surface area contributed by atoms with Gasteiger partial charge in [0.15, 0.2) is 0 Å². The molecule has 0 aromatic heterocycles. The van der Waals surface area contributed by atoms with Crippen molar-refractivity contribution in [3.63, 3.8) is 0 Å². The van der Waals surface area contributed by atoms with E-state index in [2.05, 4.69) is 16.0 Å². The third-order valence-corrected chi connectivity index (χ3v) is 4.75.